The smallest absolute Gasteiger partial charge is 0.0731 e. The second-order valence-electron chi connectivity index (χ2n) is 3.94. The Morgan fingerprint density at radius 2 is 2.08 bits per heavy atom. The Kier molecular flexibility index (Phi) is 4.16. The Labute approximate surface area is 80.3 Å². The Morgan fingerprint density at radius 3 is 2.54 bits per heavy atom. The van der Waals surface area contributed by atoms with E-state index in [1.54, 1.807) is 0 Å². The molecule has 1 saturated heterocycles. The highest BCUT2D eigenvalue weighted by atomic mass is 16.5. The van der Waals surface area contributed by atoms with Crippen LogP contribution in [0.5, 0.6) is 0 Å². The molecule has 0 aromatic carbocycles. The van der Waals surface area contributed by atoms with Gasteiger partial charge < -0.3 is 15.6 Å². The van der Waals surface area contributed by atoms with Gasteiger partial charge in [-0.3, -0.25) is 0 Å². The first-order chi connectivity index (χ1) is 6.23. The van der Waals surface area contributed by atoms with E-state index in [9.17, 15) is 5.11 Å². The van der Waals surface area contributed by atoms with Crippen LogP contribution >= 0.6 is 0 Å². The standard InChI is InChI=1S/C10H21NO2/c1-2-3-9(8-11)10(12)4-6-13-7-5-10/h9,12H,2-8,11H2,1H3. The molecule has 1 atom stereocenters. The van der Waals surface area contributed by atoms with Crippen molar-refractivity contribution in [2.45, 2.75) is 38.2 Å². The summed E-state index contributed by atoms with van der Waals surface area (Å²) >= 11 is 0. The molecule has 1 rings (SSSR count). The highest BCUT2D eigenvalue weighted by Gasteiger charge is 2.36. The van der Waals surface area contributed by atoms with E-state index in [-0.39, 0.29) is 5.92 Å². The third kappa shape index (κ3) is 2.66. The molecule has 0 aliphatic carbocycles. The zero-order valence-electron chi connectivity index (χ0n) is 8.46. The van der Waals surface area contributed by atoms with E-state index in [0.29, 0.717) is 19.8 Å². The normalized spacial score (nSPS) is 24.2. The second-order valence-corrected chi connectivity index (χ2v) is 3.94. The maximum absolute atomic E-state index is 10.3. The summed E-state index contributed by atoms with van der Waals surface area (Å²) in [5.41, 5.74) is 5.12. The van der Waals surface area contributed by atoms with Crippen molar-refractivity contribution in [1.29, 1.82) is 0 Å². The third-order valence-electron chi connectivity index (χ3n) is 3.04. The van der Waals surface area contributed by atoms with Crippen molar-refractivity contribution < 1.29 is 9.84 Å². The van der Waals surface area contributed by atoms with Crippen molar-refractivity contribution in [2.75, 3.05) is 19.8 Å². The fraction of sp³-hybridized carbons (Fsp3) is 1.00. The minimum atomic E-state index is -0.553. The SMILES string of the molecule is CCCC(CN)C1(O)CCOCC1. The molecule has 0 aromatic rings. The topological polar surface area (TPSA) is 55.5 Å². The van der Waals surface area contributed by atoms with Crippen LogP contribution in [0.4, 0.5) is 0 Å². The quantitative estimate of drug-likeness (QED) is 0.687. The first-order valence-corrected chi connectivity index (χ1v) is 5.23. The molecule has 13 heavy (non-hydrogen) atoms. The lowest BCUT2D eigenvalue weighted by molar-refractivity contribution is -0.0989. The van der Waals surface area contributed by atoms with Crippen molar-refractivity contribution in [3.8, 4) is 0 Å². The molecule has 1 fully saturated rings. The maximum Gasteiger partial charge on any atom is 0.0731 e. The summed E-state index contributed by atoms with van der Waals surface area (Å²) in [7, 11) is 0. The summed E-state index contributed by atoms with van der Waals surface area (Å²) in [5.74, 6) is 0.251. The van der Waals surface area contributed by atoms with Crippen LogP contribution in [0.3, 0.4) is 0 Å². The maximum atomic E-state index is 10.3. The molecule has 3 heteroatoms. The van der Waals surface area contributed by atoms with Crippen LogP contribution in [0.15, 0.2) is 0 Å². The zero-order chi connectivity index (χ0) is 9.73. The van der Waals surface area contributed by atoms with Crippen molar-refractivity contribution in [2.24, 2.45) is 11.7 Å². The van der Waals surface area contributed by atoms with Crippen molar-refractivity contribution in [3.63, 3.8) is 0 Å². The van der Waals surface area contributed by atoms with Gasteiger partial charge in [-0.2, -0.15) is 0 Å². The summed E-state index contributed by atoms with van der Waals surface area (Å²) < 4.78 is 5.24. The molecule has 0 bridgehead atoms. The number of ether oxygens (including phenoxy) is 1. The van der Waals surface area contributed by atoms with E-state index < -0.39 is 5.60 Å². The molecule has 3 N–H and O–H groups in total. The summed E-state index contributed by atoms with van der Waals surface area (Å²) in [6, 6.07) is 0. The van der Waals surface area contributed by atoms with Crippen LogP contribution in [-0.2, 0) is 4.74 Å². The first-order valence-electron chi connectivity index (χ1n) is 5.23. The van der Waals surface area contributed by atoms with Gasteiger partial charge in [0.05, 0.1) is 5.60 Å². The highest BCUT2D eigenvalue weighted by Crippen LogP contribution is 2.31. The monoisotopic (exact) mass is 187 g/mol. The molecular formula is C10H21NO2. The van der Waals surface area contributed by atoms with Crippen LogP contribution in [0.25, 0.3) is 0 Å². The van der Waals surface area contributed by atoms with Crippen LogP contribution in [-0.4, -0.2) is 30.5 Å². The van der Waals surface area contributed by atoms with Crippen molar-refractivity contribution in [3.05, 3.63) is 0 Å². The second kappa shape index (κ2) is 4.94. The number of hydrogen-bond acceptors (Lipinski definition) is 3. The van der Waals surface area contributed by atoms with Gasteiger partial charge in [0.2, 0.25) is 0 Å². The number of aliphatic hydroxyl groups is 1. The van der Waals surface area contributed by atoms with Crippen LogP contribution in [0, 0.1) is 5.92 Å². The average molecular weight is 187 g/mol. The molecule has 0 spiro atoms. The molecule has 1 aliphatic rings. The average Bonchev–Trinajstić information content (AvgIpc) is 2.15. The molecular weight excluding hydrogens is 166 g/mol. The number of hydrogen-bond donors (Lipinski definition) is 2. The van der Waals surface area contributed by atoms with Crippen LogP contribution in [0.2, 0.25) is 0 Å². The lowest BCUT2D eigenvalue weighted by Gasteiger charge is -2.38. The van der Waals surface area contributed by atoms with Gasteiger partial charge >= 0.3 is 0 Å². The minimum Gasteiger partial charge on any atom is -0.389 e. The Hall–Kier alpha value is -0.120. The molecule has 0 saturated carbocycles. The lowest BCUT2D eigenvalue weighted by Crippen LogP contribution is -2.46. The molecule has 1 heterocycles. The third-order valence-corrected chi connectivity index (χ3v) is 3.04. The Bertz CT molecular complexity index is 144. The van der Waals surface area contributed by atoms with E-state index >= 15 is 0 Å². The fourth-order valence-electron chi connectivity index (χ4n) is 2.09. The molecule has 0 radical (unpaired) electrons. The summed E-state index contributed by atoms with van der Waals surface area (Å²) in [6.07, 6.45) is 3.60. The minimum absolute atomic E-state index is 0.251. The van der Waals surface area contributed by atoms with E-state index in [2.05, 4.69) is 6.92 Å². The summed E-state index contributed by atoms with van der Waals surface area (Å²) in [5, 5.41) is 10.3. The summed E-state index contributed by atoms with van der Waals surface area (Å²) in [6.45, 7) is 4.07. The molecule has 1 unspecified atom stereocenters. The largest absolute Gasteiger partial charge is 0.389 e. The molecule has 0 amide bonds. The van der Waals surface area contributed by atoms with Crippen molar-refractivity contribution in [1.82, 2.24) is 0 Å². The van der Waals surface area contributed by atoms with E-state index in [0.717, 1.165) is 25.7 Å². The van der Waals surface area contributed by atoms with Crippen molar-refractivity contribution >= 4 is 0 Å². The van der Waals surface area contributed by atoms with Gasteiger partial charge in [0.25, 0.3) is 0 Å². The number of rotatable bonds is 4. The zero-order valence-corrected chi connectivity index (χ0v) is 8.46. The molecule has 3 nitrogen and oxygen atoms in total. The molecule has 78 valence electrons. The van der Waals surface area contributed by atoms with Gasteiger partial charge in [0.15, 0.2) is 0 Å². The first kappa shape index (κ1) is 11.0. The Morgan fingerprint density at radius 1 is 1.46 bits per heavy atom. The van der Waals surface area contributed by atoms with Gasteiger partial charge in [-0.25, -0.2) is 0 Å². The number of nitrogens with two attached hydrogens (primary N) is 1. The lowest BCUT2D eigenvalue weighted by atomic mass is 9.79. The van der Waals surface area contributed by atoms with E-state index in [1.807, 2.05) is 0 Å². The van der Waals surface area contributed by atoms with E-state index in [4.69, 9.17) is 10.5 Å². The fourth-order valence-corrected chi connectivity index (χ4v) is 2.09. The van der Waals surface area contributed by atoms with E-state index in [1.165, 1.54) is 0 Å². The van der Waals surface area contributed by atoms with Crippen LogP contribution < -0.4 is 5.73 Å². The predicted molar refractivity (Wildman–Crippen MR) is 52.5 cm³/mol. The predicted octanol–water partition coefficient (Wildman–Crippen LogP) is 0.903. The molecule has 1 aliphatic heterocycles. The van der Waals surface area contributed by atoms with Crippen LogP contribution in [0.1, 0.15) is 32.6 Å². The molecule has 0 aromatic heterocycles. The van der Waals surface area contributed by atoms with Gasteiger partial charge in [-0.1, -0.05) is 13.3 Å². The Balaban J connectivity index is 2.52. The van der Waals surface area contributed by atoms with Gasteiger partial charge in [-0.05, 0) is 25.8 Å². The summed E-state index contributed by atoms with van der Waals surface area (Å²) in [4.78, 5) is 0. The van der Waals surface area contributed by atoms with Gasteiger partial charge in [0, 0.05) is 19.1 Å². The highest BCUT2D eigenvalue weighted by molar-refractivity contribution is 4.88. The van der Waals surface area contributed by atoms with Gasteiger partial charge in [-0.15, -0.1) is 0 Å². The van der Waals surface area contributed by atoms with Gasteiger partial charge in [0.1, 0.15) is 0 Å².